The summed E-state index contributed by atoms with van der Waals surface area (Å²) in [6.07, 6.45) is 5.24. The Morgan fingerprint density at radius 2 is 2.07 bits per heavy atom. The molecule has 0 spiro atoms. The average molecular weight is 285 g/mol. The second-order valence-electron chi connectivity index (χ2n) is 3.09. The van der Waals surface area contributed by atoms with E-state index in [4.69, 9.17) is 33.2 Å². The number of hydrogen-bond acceptors (Lipinski definition) is 2. The number of aromatic nitrogens is 1. The van der Waals surface area contributed by atoms with Gasteiger partial charge in [0.2, 0.25) is 0 Å². The maximum absolute atomic E-state index is 5.65. The van der Waals surface area contributed by atoms with E-state index >= 15 is 0 Å². The molecule has 0 fully saturated rings. The van der Waals surface area contributed by atoms with Crippen molar-refractivity contribution < 1.29 is 0 Å². The van der Waals surface area contributed by atoms with Crippen LogP contribution in [-0.4, -0.2) is 16.7 Å². The van der Waals surface area contributed by atoms with Crippen LogP contribution in [0.1, 0.15) is 12.5 Å². The average Bonchev–Trinajstić information content (AvgIpc) is 2.59. The normalized spacial score (nSPS) is 12.5. The van der Waals surface area contributed by atoms with E-state index in [0.717, 1.165) is 6.42 Å². The molecule has 0 aromatic carbocycles. The van der Waals surface area contributed by atoms with Crippen LogP contribution >= 0.6 is 33.2 Å². The highest BCUT2D eigenvalue weighted by Crippen LogP contribution is 2.19. The molecule has 84 valence electrons. The maximum Gasteiger partial charge on any atom is 0.363 e. The van der Waals surface area contributed by atoms with Crippen LogP contribution < -0.4 is 0 Å². The Bertz CT molecular complexity index is 332. The smallest absolute Gasteiger partial charge is 0.333 e. The van der Waals surface area contributed by atoms with E-state index in [1.807, 2.05) is 17.0 Å². The first-order chi connectivity index (χ1) is 7.01. The summed E-state index contributed by atoms with van der Waals surface area (Å²) in [5, 5.41) is 7.79. The summed E-state index contributed by atoms with van der Waals surface area (Å²) >= 11 is 17.0. The van der Waals surface area contributed by atoms with Crippen LogP contribution in [0.2, 0.25) is 0 Å². The third kappa shape index (κ3) is 5.56. The Balaban J connectivity index is 2.37. The highest BCUT2D eigenvalue weighted by atomic mass is 35.8. The first-order valence-corrected chi connectivity index (χ1v) is 9.80. The Morgan fingerprint density at radius 1 is 1.33 bits per heavy atom. The van der Waals surface area contributed by atoms with Gasteiger partial charge < -0.3 is 4.57 Å². The van der Waals surface area contributed by atoms with Crippen LogP contribution in [0.25, 0.3) is 0 Å². The molecular weight excluding hydrogens is 273 g/mol. The number of halogens is 3. The monoisotopic (exact) mass is 283 g/mol. The molecule has 0 N–H and O–H groups in total. The van der Waals surface area contributed by atoms with Crippen molar-refractivity contribution >= 4 is 39.2 Å². The molecule has 0 unspecified atom stereocenters. The van der Waals surface area contributed by atoms with Crippen molar-refractivity contribution in [2.75, 3.05) is 6.17 Å². The lowest BCUT2D eigenvalue weighted by Gasteiger charge is -2.00. The van der Waals surface area contributed by atoms with Crippen LogP contribution in [-0.2, 0) is 13.1 Å². The molecule has 15 heavy (non-hydrogen) atoms. The third-order valence-corrected chi connectivity index (χ3v) is 3.37. The molecule has 0 aliphatic carbocycles. The summed E-state index contributed by atoms with van der Waals surface area (Å²) in [5.74, 6) is 0. The second kappa shape index (κ2) is 5.89. The van der Waals surface area contributed by atoms with Crippen LogP contribution in [0.5, 0.6) is 0 Å². The Kier molecular flexibility index (Phi) is 5.12. The minimum Gasteiger partial charge on any atom is -0.333 e. The quantitative estimate of drug-likeness (QED) is 0.449. The van der Waals surface area contributed by atoms with E-state index in [9.17, 15) is 0 Å². The van der Waals surface area contributed by atoms with Crippen molar-refractivity contribution in [1.82, 2.24) is 4.57 Å². The zero-order chi connectivity index (χ0) is 11.3. The highest BCUT2D eigenvalue weighted by Gasteiger charge is 2.24. The highest BCUT2D eigenvalue weighted by molar-refractivity contribution is 7.64. The topological polar surface area (TPSA) is 29.6 Å². The zero-order valence-electron chi connectivity index (χ0n) is 8.33. The number of hydrogen-bond donors (Lipinski definition) is 0. The second-order valence-corrected chi connectivity index (χ2v) is 12.2. The van der Waals surface area contributed by atoms with Gasteiger partial charge in [-0.05, 0) is 18.1 Å². The van der Waals surface area contributed by atoms with Crippen molar-refractivity contribution in [3.8, 4) is 0 Å². The third-order valence-electron chi connectivity index (χ3n) is 1.80. The van der Waals surface area contributed by atoms with Gasteiger partial charge in [-0.1, -0.05) is 6.92 Å². The lowest BCUT2D eigenvalue weighted by Crippen LogP contribution is -2.14. The van der Waals surface area contributed by atoms with Crippen LogP contribution in [0.3, 0.4) is 0 Å². The molecule has 0 aliphatic heterocycles. The Labute approximate surface area is 104 Å². The first-order valence-electron chi connectivity index (χ1n) is 4.56. The number of aryl methyl sites for hydroxylation is 1. The standard InChI is InChI=1S/C8H12Cl3N3Si/c1-2-8-3-4-14(5-8)6-12-13-7-15(9,10)11/h3-5H,2,6-7H2,1H3. The van der Waals surface area contributed by atoms with Gasteiger partial charge in [0.15, 0.2) is 0 Å². The van der Waals surface area contributed by atoms with Crippen molar-refractivity contribution in [1.29, 1.82) is 0 Å². The fourth-order valence-electron chi connectivity index (χ4n) is 1.04. The number of nitrogens with zero attached hydrogens (tertiary/aromatic N) is 3. The van der Waals surface area contributed by atoms with Crippen LogP contribution in [0.15, 0.2) is 28.7 Å². The van der Waals surface area contributed by atoms with E-state index < -0.39 is 6.00 Å². The molecule has 1 aromatic rings. The van der Waals surface area contributed by atoms with Gasteiger partial charge in [-0.2, -0.15) is 10.2 Å². The van der Waals surface area contributed by atoms with Crippen molar-refractivity contribution in [2.24, 2.45) is 10.2 Å². The van der Waals surface area contributed by atoms with Gasteiger partial charge in [-0.3, -0.25) is 0 Å². The molecule has 0 atom stereocenters. The summed E-state index contributed by atoms with van der Waals surface area (Å²) in [6, 6.07) is -0.595. The molecule has 0 aliphatic rings. The van der Waals surface area contributed by atoms with Crippen molar-refractivity contribution in [3.05, 3.63) is 24.0 Å². The molecule has 0 amide bonds. The fraction of sp³-hybridized carbons (Fsp3) is 0.500. The zero-order valence-corrected chi connectivity index (χ0v) is 11.6. The lowest BCUT2D eigenvalue weighted by molar-refractivity contribution is 0.693. The van der Waals surface area contributed by atoms with Gasteiger partial charge in [0, 0.05) is 12.4 Å². The molecule has 0 bridgehead atoms. The van der Waals surface area contributed by atoms with Gasteiger partial charge in [0.25, 0.3) is 0 Å². The molecule has 1 aromatic heterocycles. The summed E-state index contributed by atoms with van der Waals surface area (Å²) in [7, 11) is 0. The van der Waals surface area contributed by atoms with E-state index in [0.29, 0.717) is 6.67 Å². The molecule has 7 heteroatoms. The fourth-order valence-corrected chi connectivity index (χ4v) is 1.78. The molecule has 0 saturated heterocycles. The van der Waals surface area contributed by atoms with E-state index in [1.54, 1.807) is 0 Å². The SMILES string of the molecule is CCc1ccn(CN=NC[Si](Cl)(Cl)Cl)c1. The predicted molar refractivity (Wildman–Crippen MR) is 66.8 cm³/mol. The minimum absolute atomic E-state index is 0.222. The van der Waals surface area contributed by atoms with E-state index in [2.05, 4.69) is 23.2 Å². The number of azo groups is 1. The molecule has 0 saturated carbocycles. The van der Waals surface area contributed by atoms with Gasteiger partial charge in [-0.15, -0.1) is 33.2 Å². The molecule has 0 radical (unpaired) electrons. The minimum atomic E-state index is -2.65. The molecular formula is C8H12Cl3N3Si. The summed E-state index contributed by atoms with van der Waals surface area (Å²) in [4.78, 5) is 0. The summed E-state index contributed by atoms with van der Waals surface area (Å²) in [5.41, 5.74) is 1.28. The van der Waals surface area contributed by atoms with Crippen LogP contribution in [0, 0.1) is 0 Å². The summed E-state index contributed by atoms with van der Waals surface area (Å²) in [6.45, 7) is 2.59. The van der Waals surface area contributed by atoms with Gasteiger partial charge in [0.05, 0.1) is 6.17 Å². The van der Waals surface area contributed by atoms with Crippen molar-refractivity contribution in [3.63, 3.8) is 0 Å². The van der Waals surface area contributed by atoms with Gasteiger partial charge >= 0.3 is 6.00 Å². The Hall–Kier alpha value is -0.0331. The largest absolute Gasteiger partial charge is 0.363 e. The maximum atomic E-state index is 5.65. The molecule has 3 nitrogen and oxygen atoms in total. The van der Waals surface area contributed by atoms with E-state index in [1.165, 1.54) is 5.56 Å². The number of rotatable bonds is 5. The van der Waals surface area contributed by atoms with Gasteiger partial charge in [-0.25, -0.2) is 0 Å². The Morgan fingerprint density at radius 3 is 2.60 bits per heavy atom. The van der Waals surface area contributed by atoms with E-state index in [-0.39, 0.29) is 6.17 Å². The summed E-state index contributed by atoms with van der Waals surface area (Å²) < 4.78 is 1.95. The van der Waals surface area contributed by atoms with Crippen molar-refractivity contribution in [2.45, 2.75) is 20.0 Å². The lowest BCUT2D eigenvalue weighted by atomic mass is 10.3. The molecule has 1 rings (SSSR count). The predicted octanol–water partition coefficient (Wildman–Crippen LogP) is 3.65. The molecule has 1 heterocycles. The van der Waals surface area contributed by atoms with Crippen LogP contribution in [0.4, 0.5) is 0 Å². The first kappa shape index (κ1) is 13.0. The van der Waals surface area contributed by atoms with Gasteiger partial charge in [0.1, 0.15) is 6.67 Å².